The summed E-state index contributed by atoms with van der Waals surface area (Å²) in [7, 11) is 2.06. The van der Waals surface area contributed by atoms with Crippen LogP contribution in [0.5, 0.6) is 0 Å². The van der Waals surface area contributed by atoms with Crippen LogP contribution in [-0.2, 0) is 11.2 Å². The number of likely N-dealkylation sites (N-methyl/N-ethyl adjacent to an activating group) is 1. The molecule has 2 aliphatic rings. The first-order chi connectivity index (χ1) is 11.6. The highest BCUT2D eigenvalue weighted by molar-refractivity contribution is 5.78. The Morgan fingerprint density at radius 2 is 1.92 bits per heavy atom. The van der Waals surface area contributed by atoms with Crippen molar-refractivity contribution in [1.82, 2.24) is 10.2 Å². The zero-order valence-corrected chi connectivity index (χ0v) is 14.7. The number of hydrogen-bond acceptors (Lipinski definition) is 3. The molecule has 2 aliphatic carbocycles. The number of benzene rings is 1. The number of nitrogens with zero attached hydrogens (tertiary/aromatic N) is 1. The first-order valence-corrected chi connectivity index (χ1v) is 9.33. The molecule has 0 aromatic heterocycles. The van der Waals surface area contributed by atoms with Gasteiger partial charge in [-0.1, -0.05) is 43.2 Å². The standard InChI is InChI=1S/C20H30N2O2/c1-22(17-9-5-6-10-17)14-20(24)21-19(16-12-18(23)13-16)11-15-7-3-2-4-8-15/h2-4,7-8,16-19,23H,5-6,9-14H2,1H3,(H,21,24)/t16?,18?,19-/m1/s1. The van der Waals surface area contributed by atoms with Crippen LogP contribution >= 0.6 is 0 Å². The Kier molecular flexibility index (Phi) is 5.90. The molecule has 4 heteroatoms. The van der Waals surface area contributed by atoms with Gasteiger partial charge in [0.25, 0.3) is 0 Å². The fraction of sp³-hybridized carbons (Fsp3) is 0.650. The van der Waals surface area contributed by atoms with Gasteiger partial charge in [0.1, 0.15) is 0 Å². The summed E-state index contributed by atoms with van der Waals surface area (Å²) in [6.45, 7) is 0.477. The van der Waals surface area contributed by atoms with Crippen molar-refractivity contribution in [3.8, 4) is 0 Å². The minimum absolute atomic E-state index is 0.117. The Labute approximate surface area is 145 Å². The summed E-state index contributed by atoms with van der Waals surface area (Å²) < 4.78 is 0. The van der Waals surface area contributed by atoms with E-state index in [1.807, 2.05) is 18.2 Å². The van der Waals surface area contributed by atoms with Crippen LogP contribution in [0.15, 0.2) is 30.3 Å². The van der Waals surface area contributed by atoms with E-state index in [1.165, 1.54) is 31.2 Å². The van der Waals surface area contributed by atoms with E-state index in [1.54, 1.807) is 0 Å². The highest BCUT2D eigenvalue weighted by atomic mass is 16.3. The van der Waals surface area contributed by atoms with Crippen LogP contribution in [0.1, 0.15) is 44.1 Å². The number of hydrogen-bond donors (Lipinski definition) is 2. The molecule has 0 radical (unpaired) electrons. The van der Waals surface area contributed by atoms with Crippen LogP contribution in [0.4, 0.5) is 0 Å². The lowest BCUT2D eigenvalue weighted by Crippen LogP contribution is -2.50. The molecular formula is C20H30N2O2. The molecular weight excluding hydrogens is 300 g/mol. The van der Waals surface area contributed by atoms with Crippen LogP contribution in [0.2, 0.25) is 0 Å². The van der Waals surface area contributed by atoms with Gasteiger partial charge in [-0.3, -0.25) is 9.69 Å². The lowest BCUT2D eigenvalue weighted by molar-refractivity contribution is -0.124. The van der Waals surface area contributed by atoms with Gasteiger partial charge in [-0.25, -0.2) is 0 Å². The Hall–Kier alpha value is -1.39. The van der Waals surface area contributed by atoms with Gasteiger partial charge in [-0.05, 0) is 50.6 Å². The zero-order valence-electron chi connectivity index (χ0n) is 14.7. The lowest BCUT2D eigenvalue weighted by atomic mass is 9.75. The van der Waals surface area contributed by atoms with Crippen molar-refractivity contribution in [2.24, 2.45) is 5.92 Å². The first kappa shape index (κ1) is 17.4. The van der Waals surface area contributed by atoms with E-state index < -0.39 is 0 Å². The van der Waals surface area contributed by atoms with Gasteiger partial charge in [0.05, 0.1) is 12.6 Å². The maximum Gasteiger partial charge on any atom is 0.234 e. The minimum atomic E-state index is -0.189. The highest BCUT2D eigenvalue weighted by Gasteiger charge is 2.35. The summed E-state index contributed by atoms with van der Waals surface area (Å²) in [5.74, 6) is 0.507. The van der Waals surface area contributed by atoms with Crippen molar-refractivity contribution < 1.29 is 9.90 Å². The summed E-state index contributed by atoms with van der Waals surface area (Å²) in [6, 6.07) is 11.0. The van der Waals surface area contributed by atoms with Crippen LogP contribution in [0.25, 0.3) is 0 Å². The van der Waals surface area contributed by atoms with Gasteiger partial charge in [-0.15, -0.1) is 0 Å². The summed E-state index contributed by atoms with van der Waals surface area (Å²) in [5, 5.41) is 12.9. The number of rotatable bonds is 7. The number of amides is 1. The largest absolute Gasteiger partial charge is 0.393 e. The second-order valence-corrected chi connectivity index (χ2v) is 7.60. The van der Waals surface area contributed by atoms with Gasteiger partial charge < -0.3 is 10.4 Å². The molecule has 2 saturated carbocycles. The predicted octanol–water partition coefficient (Wildman–Crippen LogP) is 2.36. The van der Waals surface area contributed by atoms with Gasteiger partial charge in [0, 0.05) is 12.1 Å². The van der Waals surface area contributed by atoms with E-state index in [2.05, 4.69) is 29.4 Å². The molecule has 0 aliphatic heterocycles. The smallest absolute Gasteiger partial charge is 0.234 e. The van der Waals surface area contributed by atoms with Crippen LogP contribution in [0, 0.1) is 5.92 Å². The van der Waals surface area contributed by atoms with E-state index in [4.69, 9.17) is 0 Å². The summed E-state index contributed by atoms with van der Waals surface area (Å²) in [5.41, 5.74) is 1.24. The third-order valence-corrected chi connectivity index (χ3v) is 5.70. The third-order valence-electron chi connectivity index (χ3n) is 5.70. The van der Waals surface area contributed by atoms with Crippen molar-refractivity contribution in [3.05, 3.63) is 35.9 Å². The summed E-state index contributed by atoms with van der Waals surface area (Å²) >= 11 is 0. The molecule has 0 unspecified atom stereocenters. The maximum absolute atomic E-state index is 12.5. The Morgan fingerprint density at radius 3 is 2.54 bits per heavy atom. The van der Waals surface area contributed by atoms with Gasteiger partial charge in [-0.2, -0.15) is 0 Å². The molecule has 2 fully saturated rings. The van der Waals surface area contributed by atoms with Gasteiger partial charge >= 0.3 is 0 Å². The molecule has 1 atom stereocenters. The topological polar surface area (TPSA) is 52.6 Å². The van der Waals surface area contributed by atoms with Crippen LogP contribution in [-0.4, -0.2) is 47.7 Å². The SMILES string of the molecule is CN(CC(=O)N[C@H](Cc1ccccc1)C1CC(O)C1)C1CCCC1. The molecule has 24 heavy (non-hydrogen) atoms. The van der Waals surface area contributed by atoms with Crippen molar-refractivity contribution >= 4 is 5.91 Å². The van der Waals surface area contributed by atoms with Gasteiger partial charge in [0.15, 0.2) is 0 Å². The Balaban J connectivity index is 1.55. The van der Waals surface area contributed by atoms with E-state index in [0.29, 0.717) is 18.5 Å². The van der Waals surface area contributed by atoms with Crippen LogP contribution < -0.4 is 5.32 Å². The highest BCUT2D eigenvalue weighted by Crippen LogP contribution is 2.31. The summed E-state index contributed by atoms with van der Waals surface area (Å²) in [6.07, 6.45) is 7.26. The molecule has 1 aromatic rings. The average molecular weight is 330 g/mol. The molecule has 0 heterocycles. The lowest BCUT2D eigenvalue weighted by Gasteiger charge is -2.38. The van der Waals surface area contributed by atoms with Crippen molar-refractivity contribution in [1.29, 1.82) is 0 Å². The predicted molar refractivity (Wildman–Crippen MR) is 95.7 cm³/mol. The first-order valence-electron chi connectivity index (χ1n) is 9.33. The van der Waals surface area contributed by atoms with Crippen molar-refractivity contribution in [2.75, 3.05) is 13.6 Å². The zero-order chi connectivity index (χ0) is 16.9. The van der Waals surface area contributed by atoms with Crippen molar-refractivity contribution in [2.45, 2.75) is 63.1 Å². The number of aliphatic hydroxyl groups is 1. The third kappa shape index (κ3) is 4.58. The molecule has 132 valence electrons. The Morgan fingerprint density at radius 1 is 1.25 bits per heavy atom. The number of aliphatic hydroxyl groups excluding tert-OH is 1. The monoisotopic (exact) mass is 330 g/mol. The fourth-order valence-corrected chi connectivity index (χ4v) is 4.12. The van der Waals surface area contributed by atoms with Crippen molar-refractivity contribution in [3.63, 3.8) is 0 Å². The molecule has 2 N–H and O–H groups in total. The number of nitrogens with one attached hydrogen (secondary N) is 1. The van der Waals surface area contributed by atoms with E-state index >= 15 is 0 Å². The van der Waals surface area contributed by atoms with E-state index in [0.717, 1.165) is 19.3 Å². The minimum Gasteiger partial charge on any atom is -0.393 e. The molecule has 1 aromatic carbocycles. The molecule has 0 saturated heterocycles. The number of carbonyl (C=O) groups excluding carboxylic acids is 1. The van der Waals surface area contributed by atoms with Crippen LogP contribution in [0.3, 0.4) is 0 Å². The van der Waals surface area contributed by atoms with Gasteiger partial charge in [0.2, 0.25) is 5.91 Å². The second kappa shape index (κ2) is 8.13. The van der Waals surface area contributed by atoms with E-state index in [-0.39, 0.29) is 18.1 Å². The fourth-order valence-electron chi connectivity index (χ4n) is 4.12. The van der Waals surface area contributed by atoms with E-state index in [9.17, 15) is 9.90 Å². The molecule has 0 bridgehead atoms. The second-order valence-electron chi connectivity index (χ2n) is 7.60. The molecule has 4 nitrogen and oxygen atoms in total. The maximum atomic E-state index is 12.5. The molecule has 0 spiro atoms. The quantitative estimate of drug-likeness (QED) is 0.807. The normalized spacial score (nSPS) is 25.5. The Bertz CT molecular complexity index is 522. The molecule has 1 amide bonds. The average Bonchev–Trinajstić information content (AvgIpc) is 3.07. The summed E-state index contributed by atoms with van der Waals surface area (Å²) in [4.78, 5) is 14.7. The molecule has 3 rings (SSSR count). The number of carbonyl (C=O) groups is 1.